The lowest BCUT2D eigenvalue weighted by Crippen LogP contribution is -2.37. The first-order valence-corrected chi connectivity index (χ1v) is 18.8. The minimum absolute atomic E-state index is 0.0112. The molecule has 0 bridgehead atoms. The van der Waals surface area contributed by atoms with Crippen molar-refractivity contribution in [3.8, 4) is 0 Å². The number of aryl methyl sites for hydroxylation is 2. The van der Waals surface area contributed by atoms with Crippen molar-refractivity contribution in [2.45, 2.75) is 124 Å². The van der Waals surface area contributed by atoms with Crippen molar-refractivity contribution in [1.29, 1.82) is 0 Å². The van der Waals surface area contributed by atoms with Crippen LogP contribution in [0.5, 0.6) is 0 Å². The molecule has 2 aliphatic carbocycles. The van der Waals surface area contributed by atoms with Crippen molar-refractivity contribution in [1.82, 2.24) is 19.8 Å². The van der Waals surface area contributed by atoms with E-state index in [-0.39, 0.29) is 67.8 Å². The van der Waals surface area contributed by atoms with E-state index in [4.69, 9.17) is 9.47 Å². The highest BCUT2D eigenvalue weighted by atomic mass is 16.5. The Bertz CT molecular complexity index is 1540. The number of hydrogen-bond donors (Lipinski definition) is 2. The zero-order chi connectivity index (χ0) is 36.9. The van der Waals surface area contributed by atoms with Crippen LogP contribution >= 0.6 is 0 Å². The number of amides is 2. The molecule has 0 spiro atoms. The molecule has 2 N–H and O–H groups in total. The molecule has 0 atom stereocenters. The smallest absolute Gasteiger partial charge is 0.305 e. The second-order valence-electron chi connectivity index (χ2n) is 14.3. The Hall–Kier alpha value is -4.22. The van der Waals surface area contributed by atoms with Crippen molar-refractivity contribution >= 4 is 23.8 Å². The summed E-state index contributed by atoms with van der Waals surface area (Å²) in [5, 5.41) is 5.34. The van der Waals surface area contributed by atoms with E-state index in [2.05, 4.69) is 10.6 Å². The Morgan fingerprint density at radius 1 is 0.627 bits per heavy atom. The first-order valence-electron chi connectivity index (χ1n) is 18.8. The van der Waals surface area contributed by atoms with Crippen LogP contribution in [0.15, 0.2) is 21.7 Å². The van der Waals surface area contributed by atoms with Crippen LogP contribution in [0.3, 0.4) is 0 Å². The van der Waals surface area contributed by atoms with E-state index < -0.39 is 23.8 Å². The van der Waals surface area contributed by atoms with Crippen LogP contribution in [0, 0.1) is 39.5 Å². The van der Waals surface area contributed by atoms with Crippen LogP contribution in [0.1, 0.15) is 127 Å². The van der Waals surface area contributed by atoms with Crippen LogP contribution in [0.2, 0.25) is 0 Å². The SMILES string of the molecule is Cc1cc(C(=O)NCCOC(=O)CCCC(=O)OCCNC(=O)c2cc(C)c(C)n(CC3CCCCC3)c2=O)c(=O)n(CC2CCCCC2)c1C. The molecule has 2 fully saturated rings. The molecule has 0 aromatic carbocycles. The maximum absolute atomic E-state index is 13.2. The molecule has 2 aromatic heterocycles. The number of carbonyl (C=O) groups excluding carboxylic acids is 4. The van der Waals surface area contributed by atoms with Gasteiger partial charge < -0.3 is 29.2 Å². The van der Waals surface area contributed by atoms with E-state index in [9.17, 15) is 28.8 Å². The van der Waals surface area contributed by atoms with Crippen LogP contribution in [0.25, 0.3) is 0 Å². The van der Waals surface area contributed by atoms with Gasteiger partial charge in [-0.05, 0) is 94.9 Å². The molecule has 12 heteroatoms. The molecule has 280 valence electrons. The number of nitrogens with zero attached hydrogens (tertiary/aromatic N) is 2. The lowest BCUT2D eigenvalue weighted by Gasteiger charge is -2.24. The number of hydrogen-bond acceptors (Lipinski definition) is 8. The van der Waals surface area contributed by atoms with Gasteiger partial charge in [-0.15, -0.1) is 0 Å². The third kappa shape index (κ3) is 11.4. The fourth-order valence-corrected chi connectivity index (χ4v) is 7.18. The molecular formula is C39H56N4O8. The van der Waals surface area contributed by atoms with E-state index in [1.807, 2.05) is 27.7 Å². The Morgan fingerprint density at radius 3 is 1.37 bits per heavy atom. The fraction of sp³-hybridized carbons (Fsp3) is 0.641. The van der Waals surface area contributed by atoms with Gasteiger partial charge in [0.1, 0.15) is 24.3 Å². The van der Waals surface area contributed by atoms with Gasteiger partial charge in [0.05, 0.1) is 13.1 Å². The largest absolute Gasteiger partial charge is 0.464 e. The zero-order valence-electron chi connectivity index (χ0n) is 30.9. The average molecular weight is 709 g/mol. The number of pyridine rings is 2. The average Bonchev–Trinajstić information content (AvgIpc) is 3.12. The van der Waals surface area contributed by atoms with Crippen molar-refractivity contribution in [2.75, 3.05) is 26.3 Å². The summed E-state index contributed by atoms with van der Waals surface area (Å²) in [6.07, 6.45) is 11.7. The van der Waals surface area contributed by atoms with Crippen molar-refractivity contribution in [3.05, 3.63) is 66.5 Å². The van der Waals surface area contributed by atoms with Crippen LogP contribution in [0.4, 0.5) is 0 Å². The van der Waals surface area contributed by atoms with E-state index in [1.54, 1.807) is 21.3 Å². The first kappa shape index (κ1) is 39.6. The van der Waals surface area contributed by atoms with E-state index >= 15 is 0 Å². The van der Waals surface area contributed by atoms with Crippen molar-refractivity contribution < 1.29 is 28.7 Å². The first-order chi connectivity index (χ1) is 24.5. The summed E-state index contributed by atoms with van der Waals surface area (Å²) in [4.78, 5) is 76.4. The quantitative estimate of drug-likeness (QED) is 0.186. The summed E-state index contributed by atoms with van der Waals surface area (Å²) in [6.45, 7) is 8.79. The summed E-state index contributed by atoms with van der Waals surface area (Å²) in [5.74, 6) is -1.17. The number of ether oxygens (including phenoxy) is 2. The summed E-state index contributed by atoms with van der Waals surface area (Å²) < 4.78 is 13.8. The number of esters is 2. The third-order valence-corrected chi connectivity index (χ3v) is 10.5. The number of nitrogens with one attached hydrogen (secondary N) is 2. The lowest BCUT2D eigenvalue weighted by atomic mass is 9.89. The van der Waals surface area contributed by atoms with Gasteiger partial charge in [0.15, 0.2) is 0 Å². The molecular weight excluding hydrogens is 652 g/mol. The maximum Gasteiger partial charge on any atom is 0.305 e. The molecule has 51 heavy (non-hydrogen) atoms. The monoisotopic (exact) mass is 708 g/mol. The van der Waals surface area contributed by atoms with Gasteiger partial charge in [0.25, 0.3) is 22.9 Å². The van der Waals surface area contributed by atoms with E-state index in [0.29, 0.717) is 24.9 Å². The van der Waals surface area contributed by atoms with E-state index in [0.717, 1.165) is 48.2 Å². The van der Waals surface area contributed by atoms with Gasteiger partial charge in [-0.2, -0.15) is 0 Å². The van der Waals surface area contributed by atoms with Crippen molar-refractivity contribution in [3.63, 3.8) is 0 Å². The maximum atomic E-state index is 13.2. The molecule has 2 saturated carbocycles. The Kier molecular flexibility index (Phi) is 15.1. The van der Waals surface area contributed by atoms with Gasteiger partial charge in [-0.25, -0.2) is 0 Å². The lowest BCUT2D eigenvalue weighted by molar-refractivity contribution is -0.145. The standard InChI is InChI=1S/C39H56N4O8/c1-26-22-32(38(48)42(28(26)3)24-30-12-7-5-8-13-30)36(46)40-18-20-50-34(44)16-11-17-35(45)51-21-19-41-37(47)33-23-27(2)29(4)43(39(33)49)25-31-14-9-6-10-15-31/h22-23,30-31H,5-21,24-25H2,1-4H3,(H,40,46)(H,41,47). The molecule has 2 aromatic rings. The predicted octanol–water partition coefficient (Wildman–Crippen LogP) is 4.82. The third-order valence-electron chi connectivity index (χ3n) is 10.5. The molecule has 0 unspecified atom stereocenters. The summed E-state index contributed by atoms with van der Waals surface area (Å²) in [6, 6.07) is 3.23. The Balaban J connectivity index is 1.11. The van der Waals surface area contributed by atoms with Gasteiger partial charge in [0, 0.05) is 37.3 Å². The van der Waals surface area contributed by atoms with Gasteiger partial charge in [-0.1, -0.05) is 38.5 Å². The fourth-order valence-electron chi connectivity index (χ4n) is 7.18. The van der Waals surface area contributed by atoms with Gasteiger partial charge in [0.2, 0.25) is 0 Å². The molecule has 0 radical (unpaired) electrons. The predicted molar refractivity (Wildman–Crippen MR) is 194 cm³/mol. The van der Waals surface area contributed by atoms with Crippen molar-refractivity contribution in [2.24, 2.45) is 11.8 Å². The second kappa shape index (κ2) is 19.4. The highest BCUT2D eigenvalue weighted by Crippen LogP contribution is 2.26. The molecule has 0 saturated heterocycles. The summed E-state index contributed by atoms with van der Waals surface area (Å²) in [7, 11) is 0. The summed E-state index contributed by atoms with van der Waals surface area (Å²) in [5.41, 5.74) is 3.04. The van der Waals surface area contributed by atoms with Crippen LogP contribution in [-0.2, 0) is 32.2 Å². The van der Waals surface area contributed by atoms with Gasteiger partial charge >= 0.3 is 11.9 Å². The molecule has 2 heterocycles. The normalized spacial score (nSPS) is 15.3. The molecule has 0 aliphatic heterocycles. The Morgan fingerprint density at radius 2 is 1.00 bits per heavy atom. The number of carbonyl (C=O) groups is 4. The van der Waals surface area contributed by atoms with Crippen LogP contribution < -0.4 is 21.8 Å². The highest BCUT2D eigenvalue weighted by molar-refractivity contribution is 5.94. The highest BCUT2D eigenvalue weighted by Gasteiger charge is 2.22. The zero-order valence-corrected chi connectivity index (χ0v) is 30.9. The Labute approximate surface area is 300 Å². The molecule has 2 aliphatic rings. The topological polar surface area (TPSA) is 155 Å². The molecule has 4 rings (SSSR count). The number of rotatable bonds is 16. The van der Waals surface area contributed by atoms with Gasteiger partial charge in [-0.3, -0.25) is 28.8 Å². The molecule has 2 amide bonds. The van der Waals surface area contributed by atoms with E-state index in [1.165, 1.54) is 38.5 Å². The van der Waals surface area contributed by atoms with Crippen LogP contribution in [-0.4, -0.2) is 59.2 Å². The minimum atomic E-state index is -0.520. The minimum Gasteiger partial charge on any atom is -0.464 e. The second-order valence-corrected chi connectivity index (χ2v) is 14.3. The summed E-state index contributed by atoms with van der Waals surface area (Å²) >= 11 is 0. The molecule has 12 nitrogen and oxygen atoms in total. The number of aromatic nitrogens is 2.